The van der Waals surface area contributed by atoms with Gasteiger partial charge in [0, 0.05) is 31.7 Å². The Labute approximate surface area is 191 Å². The molecular weight excluding hydrogens is 422 g/mol. The van der Waals surface area contributed by atoms with Crippen molar-refractivity contribution in [1.29, 1.82) is 0 Å². The number of carbonyl (C=O) groups is 1. The number of piperazine rings is 1. The fourth-order valence-electron chi connectivity index (χ4n) is 4.00. The van der Waals surface area contributed by atoms with Crippen LogP contribution in [0.25, 0.3) is 10.2 Å². The summed E-state index contributed by atoms with van der Waals surface area (Å²) in [5.74, 6) is 1.06. The minimum atomic E-state index is -0.0750. The van der Waals surface area contributed by atoms with E-state index in [-0.39, 0.29) is 11.9 Å². The molecule has 0 saturated carbocycles. The summed E-state index contributed by atoms with van der Waals surface area (Å²) in [5.41, 5.74) is 1.82. The van der Waals surface area contributed by atoms with Crippen molar-refractivity contribution in [3.8, 4) is 5.75 Å². The fourth-order valence-corrected chi connectivity index (χ4v) is 5.05. The summed E-state index contributed by atoms with van der Waals surface area (Å²) in [6.07, 6.45) is 1.56. The number of carbonyl (C=O) groups excluding carboxylic acids is 1. The summed E-state index contributed by atoms with van der Waals surface area (Å²) in [5, 5.41) is 1.12. The largest absolute Gasteiger partial charge is 0.489 e. The van der Waals surface area contributed by atoms with Crippen molar-refractivity contribution >= 4 is 27.5 Å². The van der Waals surface area contributed by atoms with Crippen molar-refractivity contribution in [3.63, 3.8) is 0 Å². The number of nitrogens with zero attached hydrogens (tertiary/aromatic N) is 3. The average molecular weight is 448 g/mol. The number of furan rings is 1. The fraction of sp³-hybridized carbons (Fsp3) is 0.280. The van der Waals surface area contributed by atoms with Gasteiger partial charge in [0.15, 0.2) is 5.76 Å². The number of fused-ring (bicyclic) bond motifs is 1. The monoisotopic (exact) mass is 447 g/mol. The summed E-state index contributed by atoms with van der Waals surface area (Å²) in [6.45, 7) is 5.43. The van der Waals surface area contributed by atoms with Crippen molar-refractivity contribution in [1.82, 2.24) is 14.8 Å². The summed E-state index contributed by atoms with van der Waals surface area (Å²) in [7, 11) is 0. The predicted molar refractivity (Wildman–Crippen MR) is 125 cm³/mol. The lowest BCUT2D eigenvalue weighted by Gasteiger charge is -2.37. The molecule has 1 amide bonds. The average Bonchev–Trinajstić information content (AvgIpc) is 3.49. The van der Waals surface area contributed by atoms with Gasteiger partial charge < -0.3 is 14.1 Å². The second-order valence-corrected chi connectivity index (χ2v) is 8.96. The minimum absolute atomic E-state index is 0.0750. The van der Waals surface area contributed by atoms with Crippen LogP contribution in [0.15, 0.2) is 71.3 Å². The number of ether oxygens (including phenoxy) is 1. The van der Waals surface area contributed by atoms with Gasteiger partial charge in [-0.1, -0.05) is 30.3 Å². The van der Waals surface area contributed by atoms with Crippen molar-refractivity contribution in [2.24, 2.45) is 0 Å². The number of hydrogen-bond donors (Lipinski definition) is 0. The first-order chi connectivity index (χ1) is 15.7. The molecule has 3 heterocycles. The zero-order valence-corrected chi connectivity index (χ0v) is 18.8. The predicted octanol–water partition coefficient (Wildman–Crippen LogP) is 4.99. The highest BCUT2D eigenvalue weighted by molar-refractivity contribution is 7.18. The van der Waals surface area contributed by atoms with Gasteiger partial charge in [-0.15, -0.1) is 11.3 Å². The molecule has 1 fully saturated rings. The van der Waals surface area contributed by atoms with E-state index in [4.69, 9.17) is 14.1 Å². The molecule has 7 heteroatoms. The standard InChI is InChI=1S/C25H25N3O3S/c1-18(24-26-21-9-5-6-10-22(21)32-24)27-12-14-28(15-13-27)25(29)23-19(11-16-30-23)17-31-20-7-3-2-4-8-20/h2-11,16,18H,12-15,17H2,1H3. The van der Waals surface area contributed by atoms with Crippen molar-refractivity contribution in [2.75, 3.05) is 26.2 Å². The maximum Gasteiger partial charge on any atom is 0.290 e. The van der Waals surface area contributed by atoms with E-state index in [0.717, 1.165) is 34.9 Å². The quantitative estimate of drug-likeness (QED) is 0.417. The highest BCUT2D eigenvalue weighted by Gasteiger charge is 2.29. The van der Waals surface area contributed by atoms with Crippen molar-refractivity contribution < 1.29 is 13.9 Å². The van der Waals surface area contributed by atoms with E-state index in [1.54, 1.807) is 17.6 Å². The van der Waals surface area contributed by atoms with Crippen LogP contribution in [-0.4, -0.2) is 46.9 Å². The van der Waals surface area contributed by atoms with Gasteiger partial charge in [0.1, 0.15) is 17.4 Å². The first kappa shape index (κ1) is 20.7. The van der Waals surface area contributed by atoms with E-state index < -0.39 is 0 Å². The van der Waals surface area contributed by atoms with Crippen molar-refractivity contribution in [3.05, 3.63) is 83.3 Å². The third-order valence-corrected chi connectivity index (χ3v) is 7.10. The topological polar surface area (TPSA) is 58.8 Å². The molecule has 0 bridgehead atoms. The van der Waals surface area contributed by atoms with E-state index in [0.29, 0.717) is 25.5 Å². The van der Waals surface area contributed by atoms with Crippen LogP contribution in [0.3, 0.4) is 0 Å². The van der Waals surface area contributed by atoms with Crippen LogP contribution in [0.1, 0.15) is 34.1 Å². The highest BCUT2D eigenvalue weighted by atomic mass is 32.1. The van der Waals surface area contributed by atoms with Crippen LogP contribution >= 0.6 is 11.3 Å². The van der Waals surface area contributed by atoms with Gasteiger partial charge in [-0.3, -0.25) is 9.69 Å². The number of rotatable bonds is 6. The van der Waals surface area contributed by atoms with Gasteiger partial charge in [-0.2, -0.15) is 0 Å². The molecule has 1 atom stereocenters. The van der Waals surface area contributed by atoms with Gasteiger partial charge in [0.25, 0.3) is 5.91 Å². The molecule has 2 aromatic heterocycles. The third kappa shape index (κ3) is 4.26. The number of thiazole rings is 1. The van der Waals surface area contributed by atoms with Crippen molar-refractivity contribution in [2.45, 2.75) is 19.6 Å². The van der Waals surface area contributed by atoms with Crippen LogP contribution in [0.4, 0.5) is 0 Å². The molecule has 1 aliphatic heterocycles. The Balaban J connectivity index is 1.20. The zero-order valence-electron chi connectivity index (χ0n) is 17.9. The molecule has 1 saturated heterocycles. The first-order valence-electron chi connectivity index (χ1n) is 10.8. The van der Waals surface area contributed by atoms with Crippen LogP contribution in [0.2, 0.25) is 0 Å². The van der Waals surface area contributed by atoms with E-state index in [1.165, 1.54) is 4.70 Å². The molecule has 2 aromatic carbocycles. The number of aromatic nitrogens is 1. The Bertz CT molecular complexity index is 1160. The van der Waals surface area contributed by atoms with E-state index in [2.05, 4.69) is 24.0 Å². The molecule has 0 radical (unpaired) electrons. The normalized spacial score (nSPS) is 15.7. The van der Waals surface area contributed by atoms with Crippen LogP contribution in [0.5, 0.6) is 5.75 Å². The minimum Gasteiger partial charge on any atom is -0.489 e. The number of benzene rings is 2. The van der Waals surface area contributed by atoms with Gasteiger partial charge in [0.05, 0.1) is 22.5 Å². The second kappa shape index (κ2) is 9.14. The summed E-state index contributed by atoms with van der Waals surface area (Å²) >= 11 is 1.75. The molecule has 0 spiro atoms. The Morgan fingerprint density at radius 2 is 1.81 bits per heavy atom. The Kier molecular flexibility index (Phi) is 5.92. The molecule has 0 N–H and O–H groups in total. The Morgan fingerprint density at radius 1 is 1.06 bits per heavy atom. The second-order valence-electron chi connectivity index (χ2n) is 7.90. The summed E-state index contributed by atoms with van der Waals surface area (Å²) < 4.78 is 12.6. The van der Waals surface area contributed by atoms with E-state index >= 15 is 0 Å². The number of amides is 1. The van der Waals surface area contributed by atoms with Gasteiger partial charge in [0.2, 0.25) is 0 Å². The lowest BCUT2D eigenvalue weighted by molar-refractivity contribution is 0.0550. The van der Waals surface area contributed by atoms with E-state index in [1.807, 2.05) is 53.4 Å². The first-order valence-corrected chi connectivity index (χ1v) is 11.6. The SMILES string of the molecule is CC(c1nc2ccccc2s1)N1CCN(C(=O)c2occc2COc2ccccc2)CC1. The molecule has 5 rings (SSSR count). The van der Waals surface area contributed by atoms with Gasteiger partial charge >= 0.3 is 0 Å². The molecule has 1 aliphatic rings. The molecule has 0 aliphatic carbocycles. The molecule has 32 heavy (non-hydrogen) atoms. The lowest BCUT2D eigenvalue weighted by Crippen LogP contribution is -2.49. The van der Waals surface area contributed by atoms with Crippen LogP contribution in [-0.2, 0) is 6.61 Å². The van der Waals surface area contributed by atoms with Crippen LogP contribution in [0, 0.1) is 0 Å². The molecular formula is C25H25N3O3S. The summed E-state index contributed by atoms with van der Waals surface area (Å²) in [6, 6.07) is 19.9. The maximum absolute atomic E-state index is 13.1. The van der Waals surface area contributed by atoms with E-state index in [9.17, 15) is 4.79 Å². The summed E-state index contributed by atoms with van der Waals surface area (Å²) in [4.78, 5) is 22.2. The number of hydrogen-bond acceptors (Lipinski definition) is 6. The third-order valence-electron chi connectivity index (χ3n) is 5.90. The van der Waals surface area contributed by atoms with Gasteiger partial charge in [-0.25, -0.2) is 4.98 Å². The Hall–Kier alpha value is -3.16. The molecule has 164 valence electrons. The highest BCUT2D eigenvalue weighted by Crippen LogP contribution is 2.30. The van der Waals surface area contributed by atoms with Crippen LogP contribution < -0.4 is 4.74 Å². The Morgan fingerprint density at radius 3 is 2.59 bits per heavy atom. The van der Waals surface area contributed by atoms with Gasteiger partial charge in [-0.05, 0) is 37.3 Å². The smallest absolute Gasteiger partial charge is 0.290 e. The maximum atomic E-state index is 13.1. The zero-order chi connectivity index (χ0) is 21.9. The molecule has 1 unspecified atom stereocenters. The number of para-hydroxylation sites is 2. The molecule has 6 nitrogen and oxygen atoms in total. The molecule has 4 aromatic rings. The lowest BCUT2D eigenvalue weighted by atomic mass is 10.2.